The summed E-state index contributed by atoms with van der Waals surface area (Å²) in [6.45, 7) is 0.585. The quantitative estimate of drug-likeness (QED) is 0.690. The Labute approximate surface area is 128 Å². The average Bonchev–Trinajstić information content (AvgIpc) is 2.30. The van der Waals surface area contributed by atoms with Gasteiger partial charge in [-0.05, 0) is 52.4 Å². The van der Waals surface area contributed by atoms with Crippen molar-refractivity contribution < 1.29 is 4.39 Å². The zero-order chi connectivity index (χ0) is 13.1. The molecule has 0 aromatic heterocycles. The van der Waals surface area contributed by atoms with Gasteiger partial charge in [0.1, 0.15) is 5.82 Å². The molecule has 2 rings (SSSR count). The van der Waals surface area contributed by atoms with Crippen LogP contribution in [0.2, 0.25) is 10.0 Å². The molecule has 0 radical (unpaired) electrons. The van der Waals surface area contributed by atoms with Gasteiger partial charge in [-0.2, -0.15) is 0 Å². The second kappa shape index (κ2) is 6.08. The molecule has 2 aromatic rings. The van der Waals surface area contributed by atoms with Crippen molar-refractivity contribution in [2.45, 2.75) is 6.54 Å². The van der Waals surface area contributed by atoms with Crippen molar-refractivity contribution in [1.82, 2.24) is 0 Å². The Hall–Kier alpha value is -0.520. The highest BCUT2D eigenvalue weighted by atomic mass is 127. The molecular formula is C13H9Cl2FIN. The summed E-state index contributed by atoms with van der Waals surface area (Å²) in [5.41, 5.74) is 1.66. The first-order valence-electron chi connectivity index (χ1n) is 5.19. The van der Waals surface area contributed by atoms with Crippen LogP contribution in [0.5, 0.6) is 0 Å². The van der Waals surface area contributed by atoms with Crippen LogP contribution in [0.15, 0.2) is 36.4 Å². The lowest BCUT2D eigenvalue weighted by Gasteiger charge is -2.10. The number of anilines is 1. The van der Waals surface area contributed by atoms with E-state index in [2.05, 4.69) is 27.9 Å². The van der Waals surface area contributed by atoms with E-state index in [0.717, 1.165) is 5.56 Å². The Kier molecular flexibility index (Phi) is 4.70. The molecule has 0 aliphatic carbocycles. The van der Waals surface area contributed by atoms with Gasteiger partial charge in [0.05, 0.1) is 15.7 Å². The predicted molar refractivity (Wildman–Crippen MR) is 82.9 cm³/mol. The van der Waals surface area contributed by atoms with Crippen molar-refractivity contribution in [3.63, 3.8) is 0 Å². The van der Waals surface area contributed by atoms with E-state index in [1.165, 1.54) is 15.7 Å². The van der Waals surface area contributed by atoms with Crippen molar-refractivity contribution in [3.05, 3.63) is 61.4 Å². The monoisotopic (exact) mass is 395 g/mol. The highest BCUT2D eigenvalue weighted by molar-refractivity contribution is 14.1. The van der Waals surface area contributed by atoms with Gasteiger partial charge in [-0.25, -0.2) is 4.39 Å². The molecule has 18 heavy (non-hydrogen) atoms. The van der Waals surface area contributed by atoms with Crippen LogP contribution in [-0.2, 0) is 6.54 Å². The smallest absolute Gasteiger partial charge is 0.126 e. The molecule has 0 atom stereocenters. The van der Waals surface area contributed by atoms with Crippen LogP contribution < -0.4 is 5.32 Å². The van der Waals surface area contributed by atoms with Crippen molar-refractivity contribution in [2.75, 3.05) is 5.32 Å². The Bertz CT molecular complexity index is 534. The van der Waals surface area contributed by atoms with Gasteiger partial charge in [-0.1, -0.05) is 35.3 Å². The van der Waals surface area contributed by atoms with E-state index in [4.69, 9.17) is 23.2 Å². The molecule has 5 heteroatoms. The third-order valence-electron chi connectivity index (χ3n) is 2.39. The highest BCUT2D eigenvalue weighted by Gasteiger charge is 2.07. The average molecular weight is 396 g/mol. The molecule has 0 fully saturated rings. The molecule has 1 N–H and O–H groups in total. The fourth-order valence-electron chi connectivity index (χ4n) is 1.50. The maximum absolute atomic E-state index is 13.0. The standard InChI is InChI=1S/C13H9Cl2FIN/c14-11-5-9(16)6-12(15)13(11)18-7-8-1-3-10(17)4-2-8/h1-6,18H,7H2. The topological polar surface area (TPSA) is 12.0 Å². The summed E-state index contributed by atoms with van der Waals surface area (Å²) >= 11 is 14.1. The predicted octanol–water partition coefficient (Wildman–Crippen LogP) is 5.35. The molecule has 0 aliphatic rings. The molecule has 0 saturated carbocycles. The minimum atomic E-state index is -0.440. The molecule has 1 nitrogen and oxygen atoms in total. The summed E-state index contributed by atoms with van der Waals surface area (Å²) in [7, 11) is 0. The van der Waals surface area contributed by atoms with E-state index in [1.54, 1.807) is 0 Å². The second-order valence-corrected chi connectivity index (χ2v) is 5.78. The molecule has 0 unspecified atom stereocenters. The summed E-state index contributed by atoms with van der Waals surface area (Å²) in [6.07, 6.45) is 0. The molecule has 2 aromatic carbocycles. The summed E-state index contributed by atoms with van der Waals surface area (Å²) in [5, 5.41) is 3.68. The highest BCUT2D eigenvalue weighted by Crippen LogP contribution is 2.31. The van der Waals surface area contributed by atoms with Gasteiger partial charge < -0.3 is 5.32 Å². The number of hydrogen-bond donors (Lipinski definition) is 1. The van der Waals surface area contributed by atoms with E-state index in [1.807, 2.05) is 24.3 Å². The first-order chi connectivity index (χ1) is 8.56. The zero-order valence-corrected chi connectivity index (χ0v) is 12.9. The van der Waals surface area contributed by atoms with Gasteiger partial charge in [-0.15, -0.1) is 0 Å². The van der Waals surface area contributed by atoms with Crippen molar-refractivity contribution in [2.24, 2.45) is 0 Å². The first-order valence-corrected chi connectivity index (χ1v) is 7.02. The number of halogens is 4. The van der Waals surface area contributed by atoms with Gasteiger partial charge in [-0.3, -0.25) is 0 Å². The minimum Gasteiger partial charge on any atom is -0.379 e. The second-order valence-electron chi connectivity index (χ2n) is 3.72. The molecule has 0 spiro atoms. The van der Waals surface area contributed by atoms with Crippen molar-refractivity contribution >= 4 is 51.5 Å². The van der Waals surface area contributed by atoms with Crippen LogP contribution in [0.4, 0.5) is 10.1 Å². The maximum Gasteiger partial charge on any atom is 0.126 e. The van der Waals surface area contributed by atoms with Crippen molar-refractivity contribution in [1.29, 1.82) is 0 Å². The van der Waals surface area contributed by atoms with Gasteiger partial charge >= 0.3 is 0 Å². The number of nitrogens with one attached hydrogen (secondary N) is 1. The van der Waals surface area contributed by atoms with E-state index < -0.39 is 5.82 Å². The normalized spacial score (nSPS) is 10.4. The molecule has 0 heterocycles. The van der Waals surface area contributed by atoms with Crippen LogP contribution in [0, 0.1) is 9.39 Å². The van der Waals surface area contributed by atoms with E-state index in [-0.39, 0.29) is 10.0 Å². The van der Waals surface area contributed by atoms with Crippen molar-refractivity contribution in [3.8, 4) is 0 Å². The van der Waals surface area contributed by atoms with Gasteiger partial charge in [0.25, 0.3) is 0 Å². The minimum absolute atomic E-state index is 0.283. The summed E-state index contributed by atoms with van der Waals surface area (Å²) < 4.78 is 14.2. The Morgan fingerprint density at radius 3 is 2.17 bits per heavy atom. The number of benzene rings is 2. The Morgan fingerprint density at radius 2 is 1.61 bits per heavy atom. The summed E-state index contributed by atoms with van der Waals surface area (Å²) in [6, 6.07) is 10.5. The fourth-order valence-corrected chi connectivity index (χ4v) is 2.46. The third-order valence-corrected chi connectivity index (χ3v) is 3.70. The van der Waals surface area contributed by atoms with Crippen LogP contribution in [0.25, 0.3) is 0 Å². The lowest BCUT2D eigenvalue weighted by Crippen LogP contribution is -2.01. The van der Waals surface area contributed by atoms with E-state index in [0.29, 0.717) is 12.2 Å². The SMILES string of the molecule is Fc1cc(Cl)c(NCc2ccc(I)cc2)c(Cl)c1. The van der Waals surface area contributed by atoms with E-state index >= 15 is 0 Å². The molecule has 0 aliphatic heterocycles. The lowest BCUT2D eigenvalue weighted by atomic mass is 10.2. The van der Waals surface area contributed by atoms with Gasteiger partial charge in [0, 0.05) is 10.1 Å². The van der Waals surface area contributed by atoms with E-state index in [9.17, 15) is 4.39 Å². The van der Waals surface area contributed by atoms with Crippen LogP contribution in [-0.4, -0.2) is 0 Å². The van der Waals surface area contributed by atoms with Crippen LogP contribution in [0.3, 0.4) is 0 Å². The fraction of sp³-hybridized carbons (Fsp3) is 0.0769. The van der Waals surface area contributed by atoms with Crippen LogP contribution in [0.1, 0.15) is 5.56 Å². The summed E-state index contributed by atoms with van der Waals surface area (Å²) in [5.74, 6) is -0.440. The Balaban J connectivity index is 2.13. The number of rotatable bonds is 3. The molecule has 0 amide bonds. The third kappa shape index (κ3) is 3.49. The number of hydrogen-bond acceptors (Lipinski definition) is 1. The molecule has 0 bridgehead atoms. The zero-order valence-electron chi connectivity index (χ0n) is 9.18. The largest absolute Gasteiger partial charge is 0.379 e. The van der Waals surface area contributed by atoms with Crippen LogP contribution >= 0.6 is 45.8 Å². The first kappa shape index (κ1) is 13.9. The maximum atomic E-state index is 13.0. The molecule has 0 saturated heterocycles. The lowest BCUT2D eigenvalue weighted by molar-refractivity contribution is 0.628. The van der Waals surface area contributed by atoms with Gasteiger partial charge in [0.2, 0.25) is 0 Å². The molecular weight excluding hydrogens is 387 g/mol. The Morgan fingerprint density at radius 1 is 1.06 bits per heavy atom. The molecule has 94 valence electrons. The summed E-state index contributed by atoms with van der Waals surface area (Å²) in [4.78, 5) is 0. The van der Waals surface area contributed by atoms with Gasteiger partial charge in [0.15, 0.2) is 0 Å².